The third kappa shape index (κ3) is 5.31. The number of nitrogens with one attached hydrogen (secondary N) is 1. The second-order valence-electron chi connectivity index (χ2n) is 9.50. The van der Waals surface area contributed by atoms with Crippen molar-refractivity contribution in [1.82, 2.24) is 0 Å². The highest BCUT2D eigenvalue weighted by Crippen LogP contribution is 2.37. The van der Waals surface area contributed by atoms with E-state index in [1.165, 1.54) is 51.7 Å². The van der Waals surface area contributed by atoms with Gasteiger partial charge in [-0.3, -0.25) is 0 Å². The van der Waals surface area contributed by atoms with Crippen LogP contribution in [0, 0.1) is 17.8 Å². The highest BCUT2D eigenvalue weighted by molar-refractivity contribution is 5.27. The average molecular weight is 345 g/mol. The molecule has 2 heteroatoms. The zero-order valence-corrected chi connectivity index (χ0v) is 16.8. The van der Waals surface area contributed by atoms with Crippen LogP contribution in [0.5, 0.6) is 0 Å². The second kappa shape index (κ2) is 8.22. The van der Waals surface area contributed by atoms with E-state index in [-0.39, 0.29) is 5.60 Å². The van der Waals surface area contributed by atoms with E-state index in [0.29, 0.717) is 0 Å². The van der Waals surface area contributed by atoms with Gasteiger partial charge in [0, 0.05) is 17.7 Å². The smallest absolute Gasteiger partial charge is 0.104 e. The molecule has 0 amide bonds. The van der Waals surface area contributed by atoms with Gasteiger partial charge >= 0.3 is 0 Å². The lowest BCUT2D eigenvalue weighted by molar-refractivity contribution is -0.921. The Kier molecular flexibility index (Phi) is 6.22. The van der Waals surface area contributed by atoms with Gasteiger partial charge in [-0.1, -0.05) is 44.5 Å². The molecule has 0 unspecified atom stereocenters. The fraction of sp³-hybridized carbons (Fsp3) is 0.739. The first kappa shape index (κ1) is 18.9. The molecule has 3 rings (SSSR count). The summed E-state index contributed by atoms with van der Waals surface area (Å²) in [6.07, 6.45) is 6.67. The summed E-state index contributed by atoms with van der Waals surface area (Å²) in [5.41, 5.74) is 3.22. The molecule has 2 aliphatic rings. The van der Waals surface area contributed by atoms with Gasteiger partial charge in [0.2, 0.25) is 0 Å². The van der Waals surface area contributed by atoms with E-state index in [1.54, 1.807) is 16.0 Å². The Labute approximate surface area is 154 Å². The molecule has 1 N–H and O–H groups in total. The van der Waals surface area contributed by atoms with Crippen LogP contribution >= 0.6 is 0 Å². The van der Waals surface area contributed by atoms with E-state index in [1.807, 2.05) is 0 Å². The average Bonchev–Trinajstić information content (AvgIpc) is 2.96. The van der Waals surface area contributed by atoms with Gasteiger partial charge in [-0.25, -0.2) is 0 Å². The third-order valence-corrected chi connectivity index (χ3v) is 6.38. The van der Waals surface area contributed by atoms with Crippen LogP contribution in [-0.2, 0) is 17.8 Å². The molecular weight excluding hydrogens is 306 g/mol. The van der Waals surface area contributed by atoms with E-state index in [2.05, 4.69) is 52.0 Å². The molecule has 0 aromatic heterocycles. The molecule has 25 heavy (non-hydrogen) atoms. The summed E-state index contributed by atoms with van der Waals surface area (Å²) in [4.78, 5) is 1.77. The molecule has 1 fully saturated rings. The maximum Gasteiger partial charge on any atom is 0.104 e. The first-order valence-electron chi connectivity index (χ1n) is 10.5. The van der Waals surface area contributed by atoms with Gasteiger partial charge in [0.05, 0.1) is 12.1 Å². The van der Waals surface area contributed by atoms with Crippen LogP contribution in [0.3, 0.4) is 0 Å². The Hall–Kier alpha value is -0.860. The standard InChI is InChI=1S/C23H37NO/c1-18(2)9-10-19(20-12-14-25-23(3,4)15-20)11-13-24-16-21-7-5-6-8-22(21)17-24/h5-8,18-20H,9-17H2,1-4H3/p+1/t19-,20-/m1/s1. The number of fused-ring (bicyclic) bond motifs is 1. The Morgan fingerprint density at radius 2 is 1.76 bits per heavy atom. The summed E-state index contributed by atoms with van der Waals surface area (Å²) in [7, 11) is 0. The van der Waals surface area contributed by atoms with Crippen molar-refractivity contribution in [1.29, 1.82) is 0 Å². The highest BCUT2D eigenvalue weighted by atomic mass is 16.5. The number of hydrogen-bond donors (Lipinski definition) is 1. The number of rotatable bonds is 7. The lowest BCUT2D eigenvalue weighted by atomic mass is 9.75. The normalized spacial score (nSPS) is 24.4. The van der Waals surface area contributed by atoms with Crippen molar-refractivity contribution >= 4 is 0 Å². The van der Waals surface area contributed by atoms with Gasteiger partial charge in [0.1, 0.15) is 13.1 Å². The Morgan fingerprint density at radius 1 is 1.08 bits per heavy atom. The largest absolute Gasteiger partial charge is 0.376 e. The first-order valence-corrected chi connectivity index (χ1v) is 10.5. The molecule has 0 bridgehead atoms. The van der Waals surface area contributed by atoms with Crippen molar-refractivity contribution in [3.8, 4) is 0 Å². The van der Waals surface area contributed by atoms with Gasteiger partial charge in [0.25, 0.3) is 0 Å². The maximum atomic E-state index is 5.99. The first-order chi connectivity index (χ1) is 11.9. The number of ether oxygens (including phenoxy) is 1. The molecule has 2 atom stereocenters. The lowest BCUT2D eigenvalue weighted by Gasteiger charge is -2.39. The zero-order chi connectivity index (χ0) is 17.9. The van der Waals surface area contributed by atoms with Gasteiger partial charge in [-0.15, -0.1) is 0 Å². The highest BCUT2D eigenvalue weighted by Gasteiger charge is 2.34. The molecular formula is C23H38NO+. The summed E-state index contributed by atoms with van der Waals surface area (Å²) < 4.78 is 5.99. The van der Waals surface area contributed by atoms with E-state index in [4.69, 9.17) is 4.74 Å². The summed E-state index contributed by atoms with van der Waals surface area (Å²) in [6.45, 7) is 14.0. The van der Waals surface area contributed by atoms with Crippen LogP contribution in [0.15, 0.2) is 24.3 Å². The van der Waals surface area contributed by atoms with Crippen LogP contribution in [0.1, 0.15) is 70.9 Å². The quantitative estimate of drug-likeness (QED) is 0.781. The van der Waals surface area contributed by atoms with Crippen LogP contribution in [-0.4, -0.2) is 18.8 Å². The van der Waals surface area contributed by atoms with Crippen molar-refractivity contribution in [2.75, 3.05) is 13.2 Å². The predicted octanol–water partition coefficient (Wildman–Crippen LogP) is 4.23. The van der Waals surface area contributed by atoms with Crippen molar-refractivity contribution < 1.29 is 9.64 Å². The molecule has 0 aliphatic carbocycles. The third-order valence-electron chi connectivity index (χ3n) is 6.38. The summed E-state index contributed by atoms with van der Waals surface area (Å²) in [5.74, 6) is 2.55. The molecule has 1 aromatic carbocycles. The van der Waals surface area contributed by atoms with Crippen LogP contribution in [0.2, 0.25) is 0 Å². The van der Waals surface area contributed by atoms with Gasteiger partial charge in [0.15, 0.2) is 0 Å². The van der Waals surface area contributed by atoms with Crippen LogP contribution in [0.25, 0.3) is 0 Å². The lowest BCUT2D eigenvalue weighted by Crippen LogP contribution is -3.07. The second-order valence-corrected chi connectivity index (χ2v) is 9.50. The monoisotopic (exact) mass is 344 g/mol. The Balaban J connectivity index is 1.56. The number of quaternary nitrogens is 1. The number of benzene rings is 1. The fourth-order valence-corrected chi connectivity index (χ4v) is 4.91. The minimum absolute atomic E-state index is 0.0791. The van der Waals surface area contributed by atoms with Gasteiger partial charge < -0.3 is 9.64 Å². The zero-order valence-electron chi connectivity index (χ0n) is 16.8. The molecule has 140 valence electrons. The van der Waals surface area contributed by atoms with Gasteiger partial charge in [-0.05, 0) is 57.3 Å². The van der Waals surface area contributed by atoms with E-state index < -0.39 is 0 Å². The predicted molar refractivity (Wildman–Crippen MR) is 105 cm³/mol. The topological polar surface area (TPSA) is 13.7 Å². The molecule has 1 aromatic rings. The van der Waals surface area contributed by atoms with Crippen molar-refractivity contribution in [3.63, 3.8) is 0 Å². The molecule has 0 saturated carbocycles. The molecule has 2 heterocycles. The van der Waals surface area contributed by atoms with Crippen LogP contribution < -0.4 is 4.90 Å². The minimum atomic E-state index is 0.0791. The van der Waals surface area contributed by atoms with Gasteiger partial charge in [-0.2, -0.15) is 0 Å². The fourth-order valence-electron chi connectivity index (χ4n) is 4.91. The minimum Gasteiger partial charge on any atom is -0.376 e. The molecule has 2 aliphatic heterocycles. The maximum absolute atomic E-state index is 5.99. The van der Waals surface area contributed by atoms with Crippen molar-refractivity contribution in [2.24, 2.45) is 17.8 Å². The SMILES string of the molecule is CC(C)CC[C@H](CC[NH+]1Cc2ccccc2C1)[C@@H]1CCOC(C)(C)C1. The van der Waals surface area contributed by atoms with E-state index in [0.717, 1.165) is 24.4 Å². The van der Waals surface area contributed by atoms with Crippen molar-refractivity contribution in [3.05, 3.63) is 35.4 Å². The molecule has 0 spiro atoms. The Bertz CT molecular complexity index is 526. The molecule has 1 saturated heterocycles. The number of hydrogen-bond acceptors (Lipinski definition) is 1. The summed E-state index contributed by atoms with van der Waals surface area (Å²) in [6, 6.07) is 9.02. The molecule has 2 nitrogen and oxygen atoms in total. The van der Waals surface area contributed by atoms with E-state index in [9.17, 15) is 0 Å². The van der Waals surface area contributed by atoms with Crippen LogP contribution in [0.4, 0.5) is 0 Å². The Morgan fingerprint density at radius 3 is 2.36 bits per heavy atom. The van der Waals surface area contributed by atoms with Crippen molar-refractivity contribution in [2.45, 2.75) is 78.5 Å². The summed E-state index contributed by atoms with van der Waals surface area (Å²) in [5, 5.41) is 0. The summed E-state index contributed by atoms with van der Waals surface area (Å²) >= 11 is 0. The molecule has 0 radical (unpaired) electrons. The van der Waals surface area contributed by atoms with E-state index >= 15 is 0 Å².